The molecule has 0 saturated heterocycles. The fraction of sp³-hybridized carbons (Fsp3) is 0.125. The number of ether oxygens (including phenoxy) is 2. The van der Waals surface area contributed by atoms with Crippen LogP contribution in [-0.4, -0.2) is 36.1 Å². The van der Waals surface area contributed by atoms with Crippen LogP contribution >= 0.6 is 0 Å². The summed E-state index contributed by atoms with van der Waals surface area (Å²) in [5.74, 6) is 0.575. The highest BCUT2D eigenvalue weighted by molar-refractivity contribution is 5.85. The lowest BCUT2D eigenvalue weighted by molar-refractivity contribution is -0.123. The molecule has 0 bridgehead atoms. The number of hydrogen-bond acceptors (Lipinski definition) is 6. The Hall–Kier alpha value is -3.22. The van der Waals surface area contributed by atoms with Crippen LogP contribution < -0.4 is 14.9 Å². The van der Waals surface area contributed by atoms with E-state index in [-0.39, 0.29) is 18.1 Å². The van der Waals surface area contributed by atoms with E-state index in [0.717, 1.165) is 0 Å². The van der Waals surface area contributed by atoms with E-state index < -0.39 is 5.91 Å². The number of carbonyl (C=O) groups is 1. The zero-order valence-electron chi connectivity index (χ0n) is 12.4. The van der Waals surface area contributed by atoms with E-state index in [1.54, 1.807) is 31.4 Å². The minimum absolute atomic E-state index is 0.0587. The molecule has 0 spiro atoms. The topological polar surface area (TPSA) is 100 Å². The van der Waals surface area contributed by atoms with Gasteiger partial charge in [-0.3, -0.25) is 4.79 Å². The van der Waals surface area contributed by atoms with Gasteiger partial charge in [-0.1, -0.05) is 0 Å². The van der Waals surface area contributed by atoms with Crippen LogP contribution in [0.4, 0.5) is 0 Å². The Morgan fingerprint density at radius 2 is 1.87 bits per heavy atom. The number of hydrogen-bond donors (Lipinski definition) is 3. The third-order valence-corrected chi connectivity index (χ3v) is 2.84. The van der Waals surface area contributed by atoms with Gasteiger partial charge in [-0.2, -0.15) is 5.10 Å². The van der Waals surface area contributed by atoms with E-state index in [4.69, 9.17) is 14.6 Å². The standard InChI is InChI=1S/C16H16N2O5/c1-22-13-4-6-14(7-5-13)23-10-16(21)18-17-9-11-2-3-12(19)8-15(11)20/h2-9,19-20H,10H2,1H3,(H,18,21)/b17-9+. The Bertz CT molecular complexity index is 698. The fourth-order valence-corrected chi connectivity index (χ4v) is 1.67. The molecule has 0 saturated carbocycles. The third kappa shape index (κ3) is 4.92. The number of carbonyl (C=O) groups excluding carboxylic acids is 1. The molecule has 3 N–H and O–H groups in total. The number of nitrogens with zero attached hydrogens (tertiary/aromatic N) is 1. The first-order chi connectivity index (χ1) is 11.1. The Kier molecular flexibility index (Phi) is 5.40. The van der Waals surface area contributed by atoms with Crippen LogP contribution in [0.3, 0.4) is 0 Å². The minimum Gasteiger partial charge on any atom is -0.508 e. The number of amides is 1. The Balaban J connectivity index is 1.81. The van der Waals surface area contributed by atoms with Gasteiger partial charge >= 0.3 is 0 Å². The molecule has 2 rings (SSSR count). The highest BCUT2D eigenvalue weighted by Crippen LogP contribution is 2.20. The quantitative estimate of drug-likeness (QED) is 0.555. The summed E-state index contributed by atoms with van der Waals surface area (Å²) in [4.78, 5) is 11.6. The molecule has 2 aromatic carbocycles. The van der Waals surface area contributed by atoms with Gasteiger partial charge in [0.05, 0.1) is 13.3 Å². The van der Waals surface area contributed by atoms with Crippen molar-refractivity contribution in [1.82, 2.24) is 5.43 Å². The summed E-state index contributed by atoms with van der Waals surface area (Å²) in [5, 5.41) is 22.4. The predicted octanol–water partition coefficient (Wildman–Crippen LogP) is 1.64. The van der Waals surface area contributed by atoms with Crippen molar-refractivity contribution in [3.8, 4) is 23.0 Å². The first kappa shape index (κ1) is 16.2. The molecule has 0 unspecified atom stereocenters. The van der Waals surface area contributed by atoms with Crippen molar-refractivity contribution in [1.29, 1.82) is 0 Å². The number of hydrazone groups is 1. The van der Waals surface area contributed by atoms with E-state index in [0.29, 0.717) is 17.1 Å². The van der Waals surface area contributed by atoms with Crippen molar-refractivity contribution in [3.63, 3.8) is 0 Å². The van der Waals surface area contributed by atoms with Crippen LogP contribution in [0.15, 0.2) is 47.6 Å². The van der Waals surface area contributed by atoms with E-state index in [2.05, 4.69) is 10.5 Å². The zero-order chi connectivity index (χ0) is 16.7. The number of aromatic hydroxyl groups is 2. The van der Waals surface area contributed by atoms with E-state index in [1.807, 2.05) is 0 Å². The summed E-state index contributed by atoms with van der Waals surface area (Å²) in [5.41, 5.74) is 2.63. The Labute approximate surface area is 132 Å². The first-order valence-electron chi connectivity index (χ1n) is 6.69. The molecule has 0 radical (unpaired) electrons. The molecule has 0 fully saturated rings. The molecule has 0 aliphatic carbocycles. The van der Waals surface area contributed by atoms with Crippen LogP contribution in [0.5, 0.6) is 23.0 Å². The maximum atomic E-state index is 11.6. The second-order valence-electron chi connectivity index (χ2n) is 4.50. The molecular weight excluding hydrogens is 300 g/mol. The molecule has 0 aliphatic rings. The van der Waals surface area contributed by atoms with Crippen LogP contribution in [0, 0.1) is 0 Å². The lowest BCUT2D eigenvalue weighted by atomic mass is 10.2. The fourth-order valence-electron chi connectivity index (χ4n) is 1.67. The molecular formula is C16H16N2O5. The van der Waals surface area contributed by atoms with Crippen molar-refractivity contribution in [2.75, 3.05) is 13.7 Å². The lowest BCUT2D eigenvalue weighted by Gasteiger charge is -2.06. The smallest absolute Gasteiger partial charge is 0.277 e. The molecule has 7 nitrogen and oxygen atoms in total. The van der Waals surface area contributed by atoms with Gasteiger partial charge in [-0.05, 0) is 36.4 Å². The van der Waals surface area contributed by atoms with Gasteiger partial charge in [-0.25, -0.2) is 5.43 Å². The van der Waals surface area contributed by atoms with Gasteiger partial charge in [0.25, 0.3) is 5.91 Å². The maximum absolute atomic E-state index is 11.6. The number of methoxy groups -OCH3 is 1. The van der Waals surface area contributed by atoms with Crippen LogP contribution in [0.25, 0.3) is 0 Å². The maximum Gasteiger partial charge on any atom is 0.277 e. The summed E-state index contributed by atoms with van der Waals surface area (Å²) >= 11 is 0. The second-order valence-corrected chi connectivity index (χ2v) is 4.50. The third-order valence-electron chi connectivity index (χ3n) is 2.84. The van der Waals surface area contributed by atoms with E-state index in [9.17, 15) is 9.90 Å². The second kappa shape index (κ2) is 7.69. The van der Waals surface area contributed by atoms with E-state index >= 15 is 0 Å². The van der Waals surface area contributed by atoms with Crippen molar-refractivity contribution in [3.05, 3.63) is 48.0 Å². The molecule has 0 aromatic heterocycles. The average Bonchev–Trinajstić information content (AvgIpc) is 2.55. The highest BCUT2D eigenvalue weighted by Gasteiger charge is 2.03. The van der Waals surface area contributed by atoms with Crippen molar-refractivity contribution in [2.45, 2.75) is 0 Å². The minimum atomic E-state index is -0.449. The molecule has 7 heteroatoms. The number of phenolic OH excluding ortho intramolecular Hbond substituents is 2. The Morgan fingerprint density at radius 1 is 1.17 bits per heavy atom. The summed E-state index contributed by atoms with van der Waals surface area (Å²) < 4.78 is 10.3. The van der Waals surface area contributed by atoms with Gasteiger partial charge in [0.1, 0.15) is 23.0 Å². The molecule has 0 heterocycles. The lowest BCUT2D eigenvalue weighted by Crippen LogP contribution is -2.24. The summed E-state index contributed by atoms with van der Waals surface area (Å²) in [6.45, 7) is -0.203. The average molecular weight is 316 g/mol. The normalized spacial score (nSPS) is 10.5. The van der Waals surface area contributed by atoms with Gasteiger partial charge < -0.3 is 19.7 Å². The van der Waals surface area contributed by atoms with Crippen molar-refractivity contribution >= 4 is 12.1 Å². The first-order valence-corrected chi connectivity index (χ1v) is 6.69. The van der Waals surface area contributed by atoms with Gasteiger partial charge in [0, 0.05) is 11.6 Å². The summed E-state index contributed by atoms with van der Waals surface area (Å²) in [7, 11) is 1.56. The van der Waals surface area contributed by atoms with Crippen LogP contribution in [-0.2, 0) is 4.79 Å². The number of rotatable bonds is 6. The van der Waals surface area contributed by atoms with Crippen LogP contribution in [0.1, 0.15) is 5.56 Å². The predicted molar refractivity (Wildman–Crippen MR) is 84.0 cm³/mol. The van der Waals surface area contributed by atoms with Crippen molar-refractivity contribution in [2.24, 2.45) is 5.10 Å². The monoisotopic (exact) mass is 316 g/mol. The zero-order valence-corrected chi connectivity index (χ0v) is 12.4. The van der Waals surface area contributed by atoms with Gasteiger partial charge in [0.2, 0.25) is 0 Å². The summed E-state index contributed by atoms with van der Waals surface area (Å²) in [6, 6.07) is 10.9. The number of benzene rings is 2. The van der Waals surface area contributed by atoms with Crippen LogP contribution in [0.2, 0.25) is 0 Å². The molecule has 2 aromatic rings. The van der Waals surface area contributed by atoms with Gasteiger partial charge in [0.15, 0.2) is 6.61 Å². The summed E-state index contributed by atoms with van der Waals surface area (Å²) in [6.07, 6.45) is 1.26. The van der Waals surface area contributed by atoms with E-state index in [1.165, 1.54) is 24.4 Å². The van der Waals surface area contributed by atoms with Crippen molar-refractivity contribution < 1.29 is 24.5 Å². The molecule has 0 aliphatic heterocycles. The molecule has 120 valence electrons. The highest BCUT2D eigenvalue weighted by atomic mass is 16.5. The largest absolute Gasteiger partial charge is 0.508 e. The molecule has 1 amide bonds. The number of nitrogens with one attached hydrogen (secondary N) is 1. The SMILES string of the molecule is COc1ccc(OCC(=O)N/N=C/c2ccc(O)cc2O)cc1. The molecule has 0 atom stereocenters. The number of phenols is 2. The Morgan fingerprint density at radius 3 is 2.52 bits per heavy atom. The molecule has 23 heavy (non-hydrogen) atoms. The van der Waals surface area contributed by atoms with Gasteiger partial charge in [-0.15, -0.1) is 0 Å².